The van der Waals surface area contributed by atoms with E-state index in [2.05, 4.69) is 10.6 Å². The molecular formula is C20H20Cl2FN5. The SMILES string of the molecule is Cl.N#Cc1ccc(Cn2c(N3CC[C@@H](F)[C@H](N)C3)nc3ccc(Cl)cc32)cc1. The summed E-state index contributed by atoms with van der Waals surface area (Å²) in [7, 11) is 0. The summed E-state index contributed by atoms with van der Waals surface area (Å²) in [6.07, 6.45) is -0.589. The first-order valence-corrected chi connectivity index (χ1v) is 9.22. The molecule has 1 aromatic heterocycles. The van der Waals surface area contributed by atoms with Crippen molar-refractivity contribution in [3.8, 4) is 6.07 Å². The van der Waals surface area contributed by atoms with Crippen LogP contribution in [0, 0.1) is 11.3 Å². The van der Waals surface area contributed by atoms with Crippen molar-refractivity contribution in [3.05, 3.63) is 58.6 Å². The number of benzene rings is 2. The van der Waals surface area contributed by atoms with E-state index >= 15 is 0 Å². The van der Waals surface area contributed by atoms with Crippen LogP contribution in [0.25, 0.3) is 11.0 Å². The molecule has 28 heavy (non-hydrogen) atoms. The van der Waals surface area contributed by atoms with Gasteiger partial charge in [0.25, 0.3) is 0 Å². The van der Waals surface area contributed by atoms with Gasteiger partial charge >= 0.3 is 0 Å². The molecule has 4 rings (SSSR count). The maximum Gasteiger partial charge on any atom is 0.206 e. The molecule has 1 aliphatic heterocycles. The van der Waals surface area contributed by atoms with Crippen molar-refractivity contribution in [1.82, 2.24) is 9.55 Å². The van der Waals surface area contributed by atoms with Crippen LogP contribution in [-0.4, -0.2) is 34.9 Å². The number of anilines is 1. The summed E-state index contributed by atoms with van der Waals surface area (Å²) >= 11 is 6.21. The molecule has 2 heterocycles. The van der Waals surface area contributed by atoms with Crippen molar-refractivity contribution < 1.29 is 4.39 Å². The van der Waals surface area contributed by atoms with E-state index in [9.17, 15) is 4.39 Å². The normalized spacial score (nSPS) is 19.3. The highest BCUT2D eigenvalue weighted by Gasteiger charge is 2.29. The van der Waals surface area contributed by atoms with E-state index in [0.29, 0.717) is 36.6 Å². The summed E-state index contributed by atoms with van der Waals surface area (Å²) in [5.74, 6) is 0.763. The number of aromatic nitrogens is 2. The second kappa shape index (κ2) is 8.36. The van der Waals surface area contributed by atoms with Crippen molar-refractivity contribution in [2.75, 3.05) is 18.0 Å². The lowest BCUT2D eigenvalue weighted by Gasteiger charge is -2.34. The number of hydrogen-bond acceptors (Lipinski definition) is 4. The third-order valence-electron chi connectivity index (χ3n) is 4.97. The third kappa shape index (κ3) is 3.93. The van der Waals surface area contributed by atoms with Crippen LogP contribution in [0.1, 0.15) is 17.5 Å². The molecule has 0 saturated carbocycles. The van der Waals surface area contributed by atoms with Gasteiger partial charge in [-0.3, -0.25) is 0 Å². The van der Waals surface area contributed by atoms with Gasteiger partial charge < -0.3 is 15.2 Å². The summed E-state index contributed by atoms with van der Waals surface area (Å²) in [6.45, 7) is 1.56. The topological polar surface area (TPSA) is 70.9 Å². The molecule has 1 aliphatic rings. The van der Waals surface area contributed by atoms with Crippen molar-refractivity contribution in [3.63, 3.8) is 0 Å². The highest BCUT2D eigenvalue weighted by Crippen LogP contribution is 2.28. The first-order chi connectivity index (χ1) is 13.0. The Kier molecular flexibility index (Phi) is 6.09. The molecule has 2 aromatic carbocycles. The number of nitriles is 1. The van der Waals surface area contributed by atoms with E-state index in [4.69, 9.17) is 27.6 Å². The number of halogens is 3. The first-order valence-electron chi connectivity index (χ1n) is 8.84. The van der Waals surface area contributed by atoms with E-state index < -0.39 is 12.2 Å². The Bertz CT molecular complexity index is 1010. The van der Waals surface area contributed by atoms with Crippen molar-refractivity contribution in [2.45, 2.75) is 25.2 Å². The number of rotatable bonds is 3. The van der Waals surface area contributed by atoms with Crippen LogP contribution in [0.15, 0.2) is 42.5 Å². The molecule has 0 unspecified atom stereocenters. The van der Waals surface area contributed by atoms with Gasteiger partial charge in [-0.25, -0.2) is 9.37 Å². The monoisotopic (exact) mass is 419 g/mol. The van der Waals surface area contributed by atoms with Gasteiger partial charge in [-0.15, -0.1) is 12.4 Å². The molecule has 0 bridgehead atoms. The van der Waals surface area contributed by atoms with Crippen LogP contribution in [0.5, 0.6) is 0 Å². The fourth-order valence-corrected chi connectivity index (χ4v) is 3.65. The third-order valence-corrected chi connectivity index (χ3v) is 5.20. The zero-order valence-corrected chi connectivity index (χ0v) is 16.6. The van der Waals surface area contributed by atoms with Gasteiger partial charge in [0, 0.05) is 18.1 Å². The number of piperidine rings is 1. The lowest BCUT2D eigenvalue weighted by molar-refractivity contribution is 0.243. The molecule has 2 N–H and O–H groups in total. The molecule has 1 saturated heterocycles. The van der Waals surface area contributed by atoms with Crippen LogP contribution in [-0.2, 0) is 6.54 Å². The van der Waals surface area contributed by atoms with E-state index in [1.165, 1.54) is 0 Å². The zero-order valence-electron chi connectivity index (χ0n) is 15.1. The fraction of sp³-hybridized carbons (Fsp3) is 0.300. The lowest BCUT2D eigenvalue weighted by Crippen LogP contribution is -2.50. The van der Waals surface area contributed by atoms with E-state index in [-0.39, 0.29) is 12.4 Å². The molecule has 3 aromatic rings. The second-order valence-corrected chi connectivity index (χ2v) is 7.29. The van der Waals surface area contributed by atoms with Crippen LogP contribution < -0.4 is 10.6 Å². The fourth-order valence-electron chi connectivity index (χ4n) is 3.48. The first kappa shape index (κ1) is 20.4. The molecule has 0 spiro atoms. The number of fused-ring (bicyclic) bond motifs is 1. The van der Waals surface area contributed by atoms with Gasteiger partial charge in [-0.05, 0) is 42.3 Å². The number of nitrogens with two attached hydrogens (primary N) is 1. The van der Waals surface area contributed by atoms with E-state index in [1.807, 2.05) is 35.2 Å². The predicted molar refractivity (Wildman–Crippen MR) is 112 cm³/mol. The molecule has 0 amide bonds. The van der Waals surface area contributed by atoms with Gasteiger partial charge in [0.15, 0.2) is 0 Å². The smallest absolute Gasteiger partial charge is 0.206 e. The van der Waals surface area contributed by atoms with Gasteiger partial charge in [-0.2, -0.15) is 5.26 Å². The quantitative estimate of drug-likeness (QED) is 0.698. The molecule has 2 atom stereocenters. The average Bonchev–Trinajstić information content (AvgIpc) is 3.02. The summed E-state index contributed by atoms with van der Waals surface area (Å²) in [6, 6.07) is 14.6. The van der Waals surface area contributed by atoms with Crippen LogP contribution in [0.3, 0.4) is 0 Å². The predicted octanol–water partition coefficient (Wildman–Crippen LogP) is 3.91. The van der Waals surface area contributed by atoms with E-state index in [1.54, 1.807) is 12.1 Å². The van der Waals surface area contributed by atoms with Crippen molar-refractivity contribution in [2.24, 2.45) is 5.73 Å². The Morgan fingerprint density at radius 3 is 2.68 bits per heavy atom. The Morgan fingerprint density at radius 2 is 2.00 bits per heavy atom. The molecule has 5 nitrogen and oxygen atoms in total. The van der Waals surface area contributed by atoms with Gasteiger partial charge in [0.05, 0.1) is 35.3 Å². The van der Waals surface area contributed by atoms with Gasteiger partial charge in [0.1, 0.15) is 6.17 Å². The number of alkyl halides is 1. The van der Waals surface area contributed by atoms with Gasteiger partial charge in [0.2, 0.25) is 5.95 Å². The largest absolute Gasteiger partial charge is 0.340 e. The van der Waals surface area contributed by atoms with Crippen LogP contribution in [0.4, 0.5) is 10.3 Å². The number of hydrogen-bond donors (Lipinski definition) is 1. The van der Waals surface area contributed by atoms with Crippen LogP contribution >= 0.6 is 24.0 Å². The Labute approximate surface area is 173 Å². The Hall–Kier alpha value is -2.33. The highest BCUT2D eigenvalue weighted by molar-refractivity contribution is 6.31. The summed E-state index contributed by atoms with van der Waals surface area (Å²) in [5, 5.41) is 9.62. The second-order valence-electron chi connectivity index (χ2n) is 6.85. The highest BCUT2D eigenvalue weighted by atomic mass is 35.5. The molecule has 0 aliphatic carbocycles. The van der Waals surface area contributed by atoms with Crippen LogP contribution in [0.2, 0.25) is 5.02 Å². The van der Waals surface area contributed by atoms with Gasteiger partial charge in [-0.1, -0.05) is 23.7 Å². The molecule has 146 valence electrons. The minimum absolute atomic E-state index is 0. The molecule has 1 fully saturated rings. The molecule has 0 radical (unpaired) electrons. The average molecular weight is 420 g/mol. The maximum absolute atomic E-state index is 13.8. The standard InChI is InChI=1S/C20H19ClFN5.ClH/c21-15-5-6-18-19(9-15)27(11-14-3-1-13(10-23)2-4-14)20(25-18)26-8-7-16(22)17(24)12-26;/h1-6,9,16-17H,7-8,11-12,24H2;1H/t16-,17-;/m1./s1. The van der Waals surface area contributed by atoms with Crippen molar-refractivity contribution >= 4 is 41.0 Å². The molecular weight excluding hydrogens is 400 g/mol. The van der Waals surface area contributed by atoms with Crippen molar-refractivity contribution in [1.29, 1.82) is 5.26 Å². The number of imidazole rings is 1. The molecule has 8 heteroatoms. The summed E-state index contributed by atoms with van der Waals surface area (Å²) in [4.78, 5) is 6.81. The summed E-state index contributed by atoms with van der Waals surface area (Å²) < 4.78 is 15.9. The minimum Gasteiger partial charge on any atom is -0.340 e. The Morgan fingerprint density at radius 1 is 1.25 bits per heavy atom. The van der Waals surface area contributed by atoms with E-state index in [0.717, 1.165) is 22.5 Å². The minimum atomic E-state index is -0.980. The Balaban J connectivity index is 0.00000225. The summed E-state index contributed by atoms with van der Waals surface area (Å²) in [5.41, 5.74) is 9.36. The zero-order chi connectivity index (χ0) is 19.0. The number of nitrogens with zero attached hydrogens (tertiary/aromatic N) is 4. The lowest BCUT2D eigenvalue weighted by atomic mass is 10.1. The maximum atomic E-state index is 13.8.